The molecule has 28 heavy (non-hydrogen) atoms. The average Bonchev–Trinajstić information content (AvgIpc) is 3.24. The Kier molecular flexibility index (Phi) is 4.53. The minimum Gasteiger partial charge on any atom is -0.331 e. The zero-order valence-electron chi connectivity index (χ0n) is 16.9. The highest BCUT2D eigenvalue weighted by Crippen LogP contribution is 2.25. The first-order chi connectivity index (χ1) is 13.3. The summed E-state index contributed by atoms with van der Waals surface area (Å²) in [5.74, 6) is 0.807. The number of nitrogens with one attached hydrogen (secondary N) is 1. The number of hydrogen-bond acceptors (Lipinski definition) is 4. The van der Waals surface area contributed by atoms with Crippen LogP contribution in [0.3, 0.4) is 0 Å². The molecule has 1 aromatic carbocycles. The number of rotatable bonds is 3. The van der Waals surface area contributed by atoms with E-state index in [0.29, 0.717) is 13.1 Å². The second-order valence-corrected chi connectivity index (χ2v) is 8.34. The summed E-state index contributed by atoms with van der Waals surface area (Å²) in [6.45, 7) is 10.4. The Hall–Kier alpha value is -2.96. The zero-order chi connectivity index (χ0) is 19.9. The first kappa shape index (κ1) is 18.4. The van der Waals surface area contributed by atoms with Crippen molar-refractivity contribution in [2.45, 2.75) is 59.2 Å². The number of anilines is 1. The van der Waals surface area contributed by atoms with Crippen molar-refractivity contribution in [3.63, 3.8) is 0 Å². The van der Waals surface area contributed by atoms with Crippen LogP contribution in [0.5, 0.6) is 0 Å². The van der Waals surface area contributed by atoms with E-state index in [4.69, 9.17) is 0 Å². The lowest BCUT2D eigenvalue weighted by Crippen LogP contribution is -2.30. The molecule has 7 nitrogen and oxygen atoms in total. The van der Waals surface area contributed by atoms with Gasteiger partial charge < -0.3 is 14.8 Å². The van der Waals surface area contributed by atoms with Crippen LogP contribution in [0.15, 0.2) is 30.7 Å². The Morgan fingerprint density at radius 1 is 1.21 bits per heavy atom. The molecule has 3 aromatic rings. The van der Waals surface area contributed by atoms with Crippen LogP contribution in [-0.4, -0.2) is 30.5 Å². The molecule has 0 spiro atoms. The maximum Gasteiger partial charge on any atom is 0.322 e. The molecule has 4 rings (SSSR count). The number of carbonyl (C=O) groups excluding carboxylic acids is 1. The number of aryl methyl sites for hydroxylation is 1. The van der Waals surface area contributed by atoms with E-state index in [1.165, 1.54) is 0 Å². The highest BCUT2D eigenvalue weighted by Gasteiger charge is 2.27. The van der Waals surface area contributed by atoms with E-state index in [9.17, 15) is 4.79 Å². The summed E-state index contributed by atoms with van der Waals surface area (Å²) in [6, 6.07) is 5.71. The minimum absolute atomic E-state index is 0.110. The van der Waals surface area contributed by atoms with Crippen LogP contribution < -0.4 is 5.32 Å². The summed E-state index contributed by atoms with van der Waals surface area (Å²) in [5.41, 5.74) is 4.55. The lowest BCUT2D eigenvalue weighted by atomic mass is 9.95. The molecule has 0 aliphatic carbocycles. The number of carbonyl (C=O) groups is 1. The van der Waals surface area contributed by atoms with Gasteiger partial charge in [-0.25, -0.2) is 19.7 Å². The van der Waals surface area contributed by atoms with Gasteiger partial charge in [-0.1, -0.05) is 27.7 Å². The van der Waals surface area contributed by atoms with Crippen molar-refractivity contribution in [1.82, 2.24) is 24.4 Å². The molecule has 0 atom stereocenters. The number of hydrogen-bond donors (Lipinski definition) is 1. The van der Waals surface area contributed by atoms with Gasteiger partial charge in [0.15, 0.2) is 0 Å². The maximum atomic E-state index is 12.7. The molecule has 0 saturated heterocycles. The van der Waals surface area contributed by atoms with Crippen LogP contribution in [-0.2, 0) is 25.0 Å². The van der Waals surface area contributed by atoms with E-state index >= 15 is 0 Å². The Balaban J connectivity index is 1.47. The molecule has 0 saturated carbocycles. The molecular weight excluding hydrogens is 352 g/mol. The van der Waals surface area contributed by atoms with Gasteiger partial charge in [0.05, 0.1) is 36.1 Å². The highest BCUT2D eigenvalue weighted by atomic mass is 16.2. The van der Waals surface area contributed by atoms with Crippen molar-refractivity contribution >= 4 is 22.8 Å². The number of amides is 2. The van der Waals surface area contributed by atoms with Gasteiger partial charge in [-0.15, -0.1) is 0 Å². The molecular formula is C21H26N6O. The van der Waals surface area contributed by atoms with Gasteiger partial charge >= 0.3 is 6.03 Å². The van der Waals surface area contributed by atoms with Crippen LogP contribution in [0.4, 0.5) is 10.5 Å². The van der Waals surface area contributed by atoms with Gasteiger partial charge in [0.25, 0.3) is 0 Å². The Bertz CT molecular complexity index is 1030. The fraction of sp³-hybridized carbons (Fsp3) is 0.429. The fourth-order valence-electron chi connectivity index (χ4n) is 3.42. The first-order valence-electron chi connectivity index (χ1n) is 9.71. The zero-order valence-corrected chi connectivity index (χ0v) is 16.9. The second-order valence-electron chi connectivity index (χ2n) is 8.34. The molecule has 146 valence electrons. The maximum absolute atomic E-state index is 12.7. The molecule has 2 aromatic heterocycles. The Morgan fingerprint density at radius 3 is 2.79 bits per heavy atom. The minimum atomic E-state index is -0.136. The van der Waals surface area contributed by atoms with Gasteiger partial charge in [0, 0.05) is 29.4 Å². The second kappa shape index (κ2) is 6.89. The Morgan fingerprint density at radius 2 is 2.04 bits per heavy atom. The van der Waals surface area contributed by atoms with Crippen molar-refractivity contribution in [3.8, 4) is 0 Å². The number of aromatic nitrogens is 4. The molecule has 0 fully saturated rings. The molecule has 3 heterocycles. The summed E-state index contributed by atoms with van der Waals surface area (Å²) >= 11 is 0. The fourth-order valence-corrected chi connectivity index (χ4v) is 3.42. The summed E-state index contributed by atoms with van der Waals surface area (Å²) in [4.78, 5) is 28.1. The van der Waals surface area contributed by atoms with Crippen molar-refractivity contribution in [2.75, 3.05) is 5.32 Å². The van der Waals surface area contributed by atoms with Gasteiger partial charge in [0.2, 0.25) is 0 Å². The monoisotopic (exact) mass is 378 g/mol. The number of nitrogens with zero attached hydrogens (tertiary/aromatic N) is 5. The van der Waals surface area contributed by atoms with E-state index in [0.717, 1.165) is 46.8 Å². The summed E-state index contributed by atoms with van der Waals surface area (Å²) < 4.78 is 2.13. The predicted octanol–water partition coefficient (Wildman–Crippen LogP) is 4.08. The summed E-state index contributed by atoms with van der Waals surface area (Å²) in [5, 5.41) is 2.99. The number of urea groups is 1. The molecule has 7 heteroatoms. The van der Waals surface area contributed by atoms with Crippen LogP contribution in [0.2, 0.25) is 0 Å². The van der Waals surface area contributed by atoms with Crippen LogP contribution in [0, 0.1) is 0 Å². The molecule has 2 amide bonds. The molecule has 1 aliphatic rings. The molecule has 0 unspecified atom stereocenters. The summed E-state index contributed by atoms with van der Waals surface area (Å²) in [6.07, 6.45) is 4.75. The van der Waals surface area contributed by atoms with Crippen molar-refractivity contribution in [3.05, 3.63) is 47.8 Å². The molecule has 0 bridgehead atoms. The van der Waals surface area contributed by atoms with Crippen LogP contribution in [0.1, 0.15) is 51.2 Å². The quantitative estimate of drug-likeness (QED) is 0.745. The highest BCUT2D eigenvalue weighted by molar-refractivity contribution is 5.92. The van der Waals surface area contributed by atoms with Crippen molar-refractivity contribution < 1.29 is 4.79 Å². The predicted molar refractivity (Wildman–Crippen MR) is 109 cm³/mol. The average molecular weight is 378 g/mol. The lowest BCUT2D eigenvalue weighted by molar-refractivity contribution is 0.212. The smallest absolute Gasteiger partial charge is 0.322 e. The lowest BCUT2D eigenvalue weighted by Gasteiger charge is -2.17. The summed E-state index contributed by atoms with van der Waals surface area (Å²) in [7, 11) is 0. The molecule has 1 aliphatic heterocycles. The van der Waals surface area contributed by atoms with Crippen LogP contribution >= 0.6 is 0 Å². The van der Waals surface area contributed by atoms with Gasteiger partial charge in [0.1, 0.15) is 5.82 Å². The Labute approximate surface area is 164 Å². The van der Waals surface area contributed by atoms with E-state index in [1.54, 1.807) is 4.90 Å². The van der Waals surface area contributed by atoms with Gasteiger partial charge in [-0.3, -0.25) is 0 Å². The number of fused-ring (bicyclic) bond motifs is 2. The first-order valence-corrected chi connectivity index (χ1v) is 9.71. The third-order valence-corrected chi connectivity index (χ3v) is 4.95. The number of benzene rings is 1. The van der Waals surface area contributed by atoms with Crippen molar-refractivity contribution in [1.29, 1.82) is 0 Å². The van der Waals surface area contributed by atoms with E-state index in [-0.39, 0.29) is 11.4 Å². The standard InChI is InChI=1S/C21H26N6O/c1-5-8-26-13-23-16-9-15(6-7-18(16)26)24-20(28)27-11-14-10-22-19(21(2,3)4)25-17(14)12-27/h6-7,9-10,13H,5,8,11-12H2,1-4H3,(H,24,28). The van der Waals surface area contributed by atoms with E-state index < -0.39 is 0 Å². The normalized spacial score (nSPS) is 13.8. The largest absolute Gasteiger partial charge is 0.331 e. The van der Waals surface area contributed by atoms with E-state index in [2.05, 4.69) is 52.5 Å². The van der Waals surface area contributed by atoms with Gasteiger partial charge in [-0.05, 0) is 24.6 Å². The third-order valence-electron chi connectivity index (χ3n) is 4.95. The van der Waals surface area contributed by atoms with E-state index in [1.807, 2.05) is 30.7 Å². The molecule has 0 radical (unpaired) electrons. The van der Waals surface area contributed by atoms with Crippen molar-refractivity contribution in [2.24, 2.45) is 0 Å². The SMILES string of the molecule is CCCn1cnc2cc(NC(=O)N3Cc4cnc(C(C)(C)C)nc4C3)ccc21. The van der Waals surface area contributed by atoms with Crippen LogP contribution in [0.25, 0.3) is 11.0 Å². The third kappa shape index (κ3) is 3.44. The topological polar surface area (TPSA) is 75.9 Å². The number of imidazole rings is 1. The molecule has 1 N–H and O–H groups in total. The van der Waals surface area contributed by atoms with Gasteiger partial charge in [-0.2, -0.15) is 0 Å².